The van der Waals surface area contributed by atoms with E-state index in [9.17, 15) is 0 Å². The second kappa shape index (κ2) is 8.81. The molecule has 0 bridgehead atoms. The number of hydrogen-bond donors (Lipinski definition) is 1. The first-order valence-corrected chi connectivity index (χ1v) is 6.82. The Hall–Kier alpha value is -1.22. The van der Waals surface area contributed by atoms with Gasteiger partial charge in [-0.1, -0.05) is 19.9 Å². The van der Waals surface area contributed by atoms with E-state index in [1.165, 1.54) is 6.42 Å². The summed E-state index contributed by atoms with van der Waals surface area (Å²) in [6, 6.07) is 7.81. The van der Waals surface area contributed by atoms with Crippen molar-refractivity contribution in [3.8, 4) is 11.5 Å². The Labute approximate surface area is 110 Å². The van der Waals surface area contributed by atoms with Gasteiger partial charge in [-0.05, 0) is 32.0 Å². The Balaban J connectivity index is 2.31. The Morgan fingerprint density at radius 2 is 1.89 bits per heavy atom. The molecule has 0 radical (unpaired) electrons. The van der Waals surface area contributed by atoms with Gasteiger partial charge in [0.15, 0.2) is 0 Å². The highest BCUT2D eigenvalue weighted by Crippen LogP contribution is 2.19. The average Bonchev–Trinajstić information content (AvgIpc) is 2.38. The van der Waals surface area contributed by atoms with E-state index in [-0.39, 0.29) is 0 Å². The van der Waals surface area contributed by atoms with Crippen molar-refractivity contribution in [3.05, 3.63) is 24.3 Å². The van der Waals surface area contributed by atoms with Gasteiger partial charge in [0.1, 0.15) is 11.5 Å². The van der Waals surface area contributed by atoms with Gasteiger partial charge in [-0.3, -0.25) is 0 Å². The first-order valence-electron chi connectivity index (χ1n) is 6.82. The summed E-state index contributed by atoms with van der Waals surface area (Å²) in [5.41, 5.74) is 0. The molecule has 0 aliphatic carbocycles. The van der Waals surface area contributed by atoms with E-state index in [0.29, 0.717) is 12.5 Å². The van der Waals surface area contributed by atoms with Gasteiger partial charge >= 0.3 is 0 Å². The Kier molecular flexibility index (Phi) is 7.26. The molecule has 0 spiro atoms. The predicted molar refractivity (Wildman–Crippen MR) is 75.4 cm³/mol. The van der Waals surface area contributed by atoms with E-state index < -0.39 is 0 Å². The first kappa shape index (κ1) is 14.8. The summed E-state index contributed by atoms with van der Waals surface area (Å²) in [6.07, 6.45) is 1.17. The summed E-state index contributed by atoms with van der Waals surface area (Å²) in [5.74, 6) is 2.25. The van der Waals surface area contributed by atoms with E-state index in [1.807, 2.05) is 31.2 Å². The number of ether oxygens (including phenoxy) is 2. The largest absolute Gasteiger partial charge is 0.494 e. The third-order valence-corrected chi connectivity index (χ3v) is 2.57. The molecule has 102 valence electrons. The number of rotatable bonds is 9. The highest BCUT2D eigenvalue weighted by Gasteiger charge is 2.03. The molecule has 1 atom stereocenters. The molecule has 1 rings (SSSR count). The smallest absolute Gasteiger partial charge is 0.122 e. The molecule has 0 amide bonds. The molecule has 3 heteroatoms. The summed E-state index contributed by atoms with van der Waals surface area (Å²) in [5, 5.41) is 3.40. The molecule has 3 nitrogen and oxygen atoms in total. The zero-order valence-corrected chi connectivity index (χ0v) is 11.7. The molecular formula is C15H25NO2. The van der Waals surface area contributed by atoms with E-state index in [0.717, 1.165) is 31.2 Å². The van der Waals surface area contributed by atoms with Crippen LogP contribution in [0.3, 0.4) is 0 Å². The van der Waals surface area contributed by atoms with Gasteiger partial charge in [0.2, 0.25) is 0 Å². The lowest BCUT2D eigenvalue weighted by molar-refractivity contribution is 0.254. The van der Waals surface area contributed by atoms with E-state index in [2.05, 4.69) is 19.2 Å². The summed E-state index contributed by atoms with van der Waals surface area (Å²) in [6.45, 7) is 9.83. The number of benzene rings is 1. The monoisotopic (exact) mass is 251 g/mol. The van der Waals surface area contributed by atoms with Crippen molar-refractivity contribution in [3.63, 3.8) is 0 Å². The minimum atomic E-state index is 0.507. The van der Waals surface area contributed by atoms with Crippen molar-refractivity contribution < 1.29 is 9.47 Å². The molecular weight excluding hydrogens is 226 g/mol. The molecule has 1 aromatic carbocycles. The van der Waals surface area contributed by atoms with Crippen LogP contribution in [-0.2, 0) is 0 Å². The van der Waals surface area contributed by atoms with Crippen LogP contribution < -0.4 is 14.8 Å². The minimum absolute atomic E-state index is 0.507. The molecule has 0 heterocycles. The Morgan fingerprint density at radius 1 is 1.17 bits per heavy atom. The highest BCUT2D eigenvalue weighted by molar-refractivity contribution is 5.32. The van der Waals surface area contributed by atoms with Crippen LogP contribution in [0, 0.1) is 5.92 Å². The topological polar surface area (TPSA) is 30.5 Å². The van der Waals surface area contributed by atoms with Crippen LogP contribution in [0.25, 0.3) is 0 Å². The van der Waals surface area contributed by atoms with Crippen molar-refractivity contribution in [1.29, 1.82) is 0 Å². The van der Waals surface area contributed by atoms with Gasteiger partial charge < -0.3 is 14.8 Å². The Morgan fingerprint density at radius 3 is 2.56 bits per heavy atom. The molecule has 1 N–H and O–H groups in total. The van der Waals surface area contributed by atoms with E-state index in [4.69, 9.17) is 9.47 Å². The van der Waals surface area contributed by atoms with E-state index in [1.54, 1.807) is 0 Å². The first-order chi connectivity index (χ1) is 8.76. The minimum Gasteiger partial charge on any atom is -0.494 e. The predicted octanol–water partition coefficient (Wildman–Crippen LogP) is 3.10. The van der Waals surface area contributed by atoms with Gasteiger partial charge in [-0.15, -0.1) is 0 Å². The third-order valence-electron chi connectivity index (χ3n) is 2.57. The van der Waals surface area contributed by atoms with Crippen molar-refractivity contribution in [2.75, 3.05) is 26.3 Å². The van der Waals surface area contributed by atoms with E-state index >= 15 is 0 Å². The van der Waals surface area contributed by atoms with Crippen molar-refractivity contribution in [2.45, 2.75) is 27.2 Å². The second-order valence-electron chi connectivity index (χ2n) is 4.53. The number of nitrogens with one attached hydrogen (secondary N) is 1. The Bertz CT molecular complexity index is 328. The molecule has 18 heavy (non-hydrogen) atoms. The SMILES string of the molecule is CCCNCC(C)COc1cccc(OCC)c1. The quantitative estimate of drug-likeness (QED) is 0.684. The van der Waals surface area contributed by atoms with Crippen LogP contribution in [0.2, 0.25) is 0 Å². The highest BCUT2D eigenvalue weighted by atomic mass is 16.5. The molecule has 0 aromatic heterocycles. The molecule has 0 aliphatic rings. The summed E-state index contributed by atoms with van der Waals surface area (Å²) >= 11 is 0. The summed E-state index contributed by atoms with van der Waals surface area (Å²) in [4.78, 5) is 0. The van der Waals surface area contributed by atoms with Crippen LogP contribution in [0.1, 0.15) is 27.2 Å². The van der Waals surface area contributed by atoms with Crippen molar-refractivity contribution >= 4 is 0 Å². The molecule has 0 aliphatic heterocycles. The molecule has 1 unspecified atom stereocenters. The molecule has 0 saturated heterocycles. The third kappa shape index (κ3) is 5.92. The van der Waals surface area contributed by atoms with Gasteiger partial charge in [0, 0.05) is 18.5 Å². The van der Waals surface area contributed by atoms with Crippen LogP contribution in [0.15, 0.2) is 24.3 Å². The molecule has 1 aromatic rings. The normalized spacial score (nSPS) is 12.2. The van der Waals surface area contributed by atoms with Crippen LogP contribution >= 0.6 is 0 Å². The fraction of sp³-hybridized carbons (Fsp3) is 0.600. The molecule has 0 saturated carbocycles. The zero-order valence-electron chi connectivity index (χ0n) is 11.7. The average molecular weight is 251 g/mol. The second-order valence-corrected chi connectivity index (χ2v) is 4.53. The summed E-state index contributed by atoms with van der Waals surface area (Å²) < 4.78 is 11.2. The van der Waals surface area contributed by atoms with Gasteiger partial charge in [-0.2, -0.15) is 0 Å². The maximum Gasteiger partial charge on any atom is 0.122 e. The van der Waals surface area contributed by atoms with Crippen molar-refractivity contribution in [2.24, 2.45) is 5.92 Å². The van der Waals surface area contributed by atoms with Crippen LogP contribution in [0.4, 0.5) is 0 Å². The van der Waals surface area contributed by atoms with Crippen molar-refractivity contribution in [1.82, 2.24) is 5.32 Å². The maximum atomic E-state index is 5.77. The van der Waals surface area contributed by atoms with Gasteiger partial charge in [-0.25, -0.2) is 0 Å². The van der Waals surface area contributed by atoms with Crippen LogP contribution in [-0.4, -0.2) is 26.3 Å². The molecule has 0 fully saturated rings. The van der Waals surface area contributed by atoms with Crippen LogP contribution in [0.5, 0.6) is 11.5 Å². The standard InChI is InChI=1S/C15H25NO2/c1-4-9-16-11-13(3)12-18-15-8-6-7-14(10-15)17-5-2/h6-8,10,13,16H,4-5,9,11-12H2,1-3H3. The maximum absolute atomic E-state index is 5.77. The van der Waals surface area contributed by atoms with Gasteiger partial charge in [0.25, 0.3) is 0 Å². The number of hydrogen-bond acceptors (Lipinski definition) is 3. The van der Waals surface area contributed by atoms with Gasteiger partial charge in [0.05, 0.1) is 13.2 Å². The fourth-order valence-corrected chi connectivity index (χ4v) is 1.64. The summed E-state index contributed by atoms with van der Waals surface area (Å²) in [7, 11) is 0. The fourth-order valence-electron chi connectivity index (χ4n) is 1.64. The lowest BCUT2D eigenvalue weighted by atomic mass is 10.2. The lowest BCUT2D eigenvalue weighted by Gasteiger charge is -2.14. The zero-order chi connectivity index (χ0) is 13.2. The lowest BCUT2D eigenvalue weighted by Crippen LogP contribution is -2.25.